The van der Waals surface area contributed by atoms with Crippen LogP contribution in [0.4, 0.5) is 0 Å². The predicted octanol–water partition coefficient (Wildman–Crippen LogP) is 9.08. The van der Waals surface area contributed by atoms with Crippen molar-refractivity contribution in [1.82, 2.24) is 0 Å². The Bertz CT molecular complexity index is 454. The van der Waals surface area contributed by atoms with E-state index in [1.54, 1.807) is 0 Å². The Morgan fingerprint density at radius 1 is 0.679 bits per heavy atom. The van der Waals surface area contributed by atoms with Crippen LogP contribution in [0.3, 0.4) is 0 Å². The molecule has 28 heavy (non-hydrogen) atoms. The highest BCUT2D eigenvalue weighted by atomic mass is 14.3. The van der Waals surface area contributed by atoms with Crippen LogP contribution in [-0.4, -0.2) is 0 Å². The van der Waals surface area contributed by atoms with E-state index in [9.17, 15) is 0 Å². The molecule has 2 saturated carbocycles. The second-order valence-corrected chi connectivity index (χ2v) is 11.1. The summed E-state index contributed by atoms with van der Waals surface area (Å²) in [5.74, 6) is 6.88. The second kappa shape index (κ2) is 12.2. The van der Waals surface area contributed by atoms with Gasteiger partial charge in [-0.15, -0.1) is 0 Å². The summed E-state index contributed by atoms with van der Waals surface area (Å²) in [6, 6.07) is 0. The quantitative estimate of drug-likeness (QED) is 0.347. The smallest absolute Gasteiger partial charge is 0.0233 e. The standard InChI is InChI=1S/C28H50/c1-21(2)7-12-24(5)25(6)13-8-22(3)9-14-26-15-19-28(20-16-26)27-17-10-23(4)11-18-27/h7,9,12,14,21-28H,8,10-11,13,15-20H2,1-6H3/b12-7-,14-9+. The minimum absolute atomic E-state index is 0.674. The molecule has 0 aromatic heterocycles. The lowest BCUT2D eigenvalue weighted by Crippen LogP contribution is -2.24. The summed E-state index contributed by atoms with van der Waals surface area (Å²) in [5.41, 5.74) is 0. The summed E-state index contributed by atoms with van der Waals surface area (Å²) in [4.78, 5) is 0. The number of hydrogen-bond donors (Lipinski definition) is 0. The van der Waals surface area contributed by atoms with Gasteiger partial charge in [0.1, 0.15) is 0 Å². The highest BCUT2D eigenvalue weighted by molar-refractivity contribution is 4.95. The van der Waals surface area contributed by atoms with Crippen molar-refractivity contribution in [1.29, 1.82) is 0 Å². The van der Waals surface area contributed by atoms with Crippen molar-refractivity contribution in [3.63, 3.8) is 0 Å². The van der Waals surface area contributed by atoms with E-state index in [0.29, 0.717) is 11.8 Å². The van der Waals surface area contributed by atoms with E-state index in [1.807, 2.05) is 0 Å². The van der Waals surface area contributed by atoms with Crippen LogP contribution in [0.15, 0.2) is 24.3 Å². The van der Waals surface area contributed by atoms with E-state index in [1.165, 1.54) is 64.2 Å². The first-order chi connectivity index (χ1) is 13.3. The van der Waals surface area contributed by atoms with Crippen LogP contribution in [0, 0.1) is 47.3 Å². The Labute approximate surface area is 177 Å². The summed E-state index contributed by atoms with van der Waals surface area (Å²) in [6.07, 6.45) is 24.6. The highest BCUT2D eigenvalue weighted by Crippen LogP contribution is 2.41. The van der Waals surface area contributed by atoms with Crippen molar-refractivity contribution >= 4 is 0 Å². The molecule has 0 aromatic carbocycles. The number of rotatable bonds is 9. The van der Waals surface area contributed by atoms with Gasteiger partial charge in [0.2, 0.25) is 0 Å². The molecule has 0 radical (unpaired) electrons. The second-order valence-electron chi connectivity index (χ2n) is 11.1. The molecule has 2 aliphatic carbocycles. The third-order valence-electron chi connectivity index (χ3n) is 8.03. The fourth-order valence-electron chi connectivity index (χ4n) is 5.38. The Morgan fingerprint density at radius 2 is 1.25 bits per heavy atom. The molecule has 0 heteroatoms. The van der Waals surface area contributed by atoms with Gasteiger partial charge in [0.25, 0.3) is 0 Å². The molecule has 0 amide bonds. The first-order valence-electron chi connectivity index (χ1n) is 12.7. The molecule has 162 valence electrons. The third-order valence-corrected chi connectivity index (χ3v) is 8.03. The lowest BCUT2D eigenvalue weighted by Gasteiger charge is -2.36. The van der Waals surface area contributed by atoms with Gasteiger partial charge in [0.15, 0.2) is 0 Å². The molecule has 0 N–H and O–H groups in total. The van der Waals surface area contributed by atoms with Crippen LogP contribution in [0.1, 0.15) is 106 Å². The molecule has 0 bridgehead atoms. The topological polar surface area (TPSA) is 0 Å². The molecular weight excluding hydrogens is 336 g/mol. The van der Waals surface area contributed by atoms with E-state index in [0.717, 1.165) is 35.5 Å². The Balaban J connectivity index is 1.64. The summed E-state index contributed by atoms with van der Waals surface area (Å²) >= 11 is 0. The predicted molar refractivity (Wildman–Crippen MR) is 126 cm³/mol. The zero-order chi connectivity index (χ0) is 20.5. The van der Waals surface area contributed by atoms with Crippen LogP contribution >= 0.6 is 0 Å². The molecule has 2 rings (SSSR count). The highest BCUT2D eigenvalue weighted by Gasteiger charge is 2.29. The number of hydrogen-bond acceptors (Lipinski definition) is 0. The first kappa shape index (κ1) is 23.8. The first-order valence-corrected chi connectivity index (χ1v) is 12.7. The molecule has 0 aliphatic heterocycles. The minimum atomic E-state index is 0.674. The van der Waals surface area contributed by atoms with Crippen molar-refractivity contribution in [2.45, 2.75) is 106 Å². The largest absolute Gasteiger partial charge is 0.0857 e. The lowest BCUT2D eigenvalue weighted by atomic mass is 9.69. The normalized spacial score (nSPS) is 32.8. The van der Waals surface area contributed by atoms with Gasteiger partial charge in [0, 0.05) is 0 Å². The fraction of sp³-hybridized carbons (Fsp3) is 0.857. The molecule has 0 aromatic rings. The summed E-state index contributed by atoms with van der Waals surface area (Å²) in [6.45, 7) is 14.2. The summed E-state index contributed by atoms with van der Waals surface area (Å²) in [5, 5.41) is 0. The molecule has 2 aliphatic rings. The Morgan fingerprint density at radius 3 is 1.82 bits per heavy atom. The minimum Gasteiger partial charge on any atom is -0.0857 e. The van der Waals surface area contributed by atoms with Crippen LogP contribution in [0.25, 0.3) is 0 Å². The van der Waals surface area contributed by atoms with Crippen LogP contribution in [-0.2, 0) is 0 Å². The Hall–Kier alpha value is -0.520. The van der Waals surface area contributed by atoms with Crippen LogP contribution < -0.4 is 0 Å². The van der Waals surface area contributed by atoms with E-state index < -0.39 is 0 Å². The molecule has 0 saturated heterocycles. The summed E-state index contributed by atoms with van der Waals surface area (Å²) < 4.78 is 0. The van der Waals surface area contributed by atoms with Crippen LogP contribution in [0.5, 0.6) is 0 Å². The monoisotopic (exact) mass is 386 g/mol. The van der Waals surface area contributed by atoms with E-state index in [-0.39, 0.29) is 0 Å². The molecule has 0 nitrogen and oxygen atoms in total. The van der Waals surface area contributed by atoms with Gasteiger partial charge in [-0.2, -0.15) is 0 Å². The molecule has 3 unspecified atom stereocenters. The SMILES string of the molecule is CC(C)/C=C\C(C)C(C)CCC(C)/C=C/C1CCC(C2CCC(C)CC2)CC1. The van der Waals surface area contributed by atoms with Gasteiger partial charge in [0.05, 0.1) is 0 Å². The molecule has 2 fully saturated rings. The van der Waals surface area contributed by atoms with Crippen molar-refractivity contribution in [2.75, 3.05) is 0 Å². The molecule has 0 heterocycles. The van der Waals surface area contributed by atoms with Gasteiger partial charge < -0.3 is 0 Å². The van der Waals surface area contributed by atoms with Crippen molar-refractivity contribution in [2.24, 2.45) is 47.3 Å². The third kappa shape index (κ3) is 8.46. The molecule has 0 spiro atoms. The zero-order valence-electron chi connectivity index (χ0n) is 20.0. The van der Waals surface area contributed by atoms with E-state index >= 15 is 0 Å². The van der Waals surface area contributed by atoms with Crippen molar-refractivity contribution < 1.29 is 0 Å². The maximum Gasteiger partial charge on any atom is -0.0233 e. The van der Waals surface area contributed by atoms with Crippen molar-refractivity contribution in [3.8, 4) is 0 Å². The van der Waals surface area contributed by atoms with Gasteiger partial charge in [-0.05, 0) is 98.7 Å². The van der Waals surface area contributed by atoms with Crippen LogP contribution in [0.2, 0.25) is 0 Å². The Kier molecular flexibility index (Phi) is 10.4. The van der Waals surface area contributed by atoms with E-state index in [4.69, 9.17) is 0 Å². The van der Waals surface area contributed by atoms with Gasteiger partial charge in [-0.3, -0.25) is 0 Å². The van der Waals surface area contributed by atoms with Gasteiger partial charge in [-0.25, -0.2) is 0 Å². The summed E-state index contributed by atoms with van der Waals surface area (Å²) in [7, 11) is 0. The number of allylic oxidation sites excluding steroid dienone is 4. The molecule has 3 atom stereocenters. The average molecular weight is 387 g/mol. The average Bonchev–Trinajstić information content (AvgIpc) is 2.69. The van der Waals surface area contributed by atoms with Gasteiger partial charge in [-0.1, -0.05) is 78.7 Å². The fourth-order valence-corrected chi connectivity index (χ4v) is 5.38. The maximum absolute atomic E-state index is 2.59. The van der Waals surface area contributed by atoms with E-state index in [2.05, 4.69) is 65.8 Å². The van der Waals surface area contributed by atoms with Gasteiger partial charge >= 0.3 is 0 Å². The zero-order valence-corrected chi connectivity index (χ0v) is 20.0. The molecular formula is C28H50. The lowest BCUT2D eigenvalue weighted by molar-refractivity contribution is 0.160. The van der Waals surface area contributed by atoms with Crippen molar-refractivity contribution in [3.05, 3.63) is 24.3 Å². The maximum atomic E-state index is 2.59.